The molecule has 0 fully saturated rings. The van der Waals surface area contributed by atoms with Gasteiger partial charge in [0.15, 0.2) is 11.2 Å². The Kier molecular flexibility index (Phi) is 3.83. The van der Waals surface area contributed by atoms with Crippen LogP contribution in [0.3, 0.4) is 0 Å². The maximum absolute atomic E-state index is 5.88. The number of benzene rings is 2. The SMILES string of the molecule is Cc1cc2c(cc(Nc3nc4ccccc4o3)c3nnc(C)n32)n1Cc1ccccc1. The Labute approximate surface area is 178 Å². The molecule has 6 rings (SSSR count). The molecular weight excluding hydrogens is 388 g/mol. The first-order valence-corrected chi connectivity index (χ1v) is 10.2. The van der Waals surface area contributed by atoms with Gasteiger partial charge in [-0.1, -0.05) is 42.5 Å². The van der Waals surface area contributed by atoms with Crippen LogP contribution in [0.4, 0.5) is 11.7 Å². The molecule has 0 atom stereocenters. The summed E-state index contributed by atoms with van der Waals surface area (Å²) in [4.78, 5) is 4.56. The Hall–Kier alpha value is -4.13. The minimum absolute atomic E-state index is 0.431. The van der Waals surface area contributed by atoms with Crippen molar-refractivity contribution in [2.45, 2.75) is 20.4 Å². The van der Waals surface area contributed by atoms with Gasteiger partial charge in [0.1, 0.15) is 11.3 Å². The average Bonchev–Trinajstić information content (AvgIpc) is 3.45. The first-order valence-electron chi connectivity index (χ1n) is 10.2. The monoisotopic (exact) mass is 408 g/mol. The van der Waals surface area contributed by atoms with Crippen molar-refractivity contribution in [1.29, 1.82) is 0 Å². The summed E-state index contributed by atoms with van der Waals surface area (Å²) in [6.07, 6.45) is 0. The number of nitrogens with one attached hydrogen (secondary N) is 1. The van der Waals surface area contributed by atoms with E-state index < -0.39 is 0 Å². The van der Waals surface area contributed by atoms with Crippen LogP contribution in [0.2, 0.25) is 0 Å². The molecule has 0 saturated carbocycles. The predicted molar refractivity (Wildman–Crippen MR) is 121 cm³/mol. The summed E-state index contributed by atoms with van der Waals surface area (Å²) >= 11 is 0. The number of pyridine rings is 1. The van der Waals surface area contributed by atoms with Gasteiger partial charge in [-0.3, -0.25) is 4.40 Å². The van der Waals surface area contributed by atoms with Gasteiger partial charge in [-0.2, -0.15) is 4.98 Å². The van der Waals surface area contributed by atoms with E-state index in [1.54, 1.807) is 0 Å². The van der Waals surface area contributed by atoms with Gasteiger partial charge in [0.2, 0.25) is 0 Å². The number of nitrogens with zero attached hydrogens (tertiary/aromatic N) is 5. The zero-order valence-electron chi connectivity index (χ0n) is 17.2. The first-order chi connectivity index (χ1) is 15.2. The molecular formula is C24H20N6O. The summed E-state index contributed by atoms with van der Waals surface area (Å²) in [5.41, 5.74) is 7.68. The van der Waals surface area contributed by atoms with Crippen molar-refractivity contribution >= 4 is 39.5 Å². The highest BCUT2D eigenvalue weighted by Crippen LogP contribution is 2.31. The number of para-hydroxylation sites is 2. The second-order valence-electron chi connectivity index (χ2n) is 7.70. The second kappa shape index (κ2) is 6.70. The van der Waals surface area contributed by atoms with Crippen molar-refractivity contribution in [2.24, 2.45) is 0 Å². The lowest BCUT2D eigenvalue weighted by Crippen LogP contribution is -2.03. The summed E-state index contributed by atoms with van der Waals surface area (Å²) in [7, 11) is 0. The molecule has 7 heteroatoms. The molecule has 0 saturated heterocycles. The van der Waals surface area contributed by atoms with Crippen molar-refractivity contribution in [2.75, 3.05) is 5.32 Å². The fourth-order valence-electron chi connectivity index (χ4n) is 4.14. The Morgan fingerprint density at radius 1 is 0.903 bits per heavy atom. The third-order valence-electron chi connectivity index (χ3n) is 5.63. The number of hydrogen-bond acceptors (Lipinski definition) is 5. The van der Waals surface area contributed by atoms with Crippen molar-refractivity contribution in [3.63, 3.8) is 0 Å². The van der Waals surface area contributed by atoms with Crippen LogP contribution in [0, 0.1) is 13.8 Å². The first kappa shape index (κ1) is 17.7. The lowest BCUT2D eigenvalue weighted by atomic mass is 10.2. The molecule has 1 N–H and O–H groups in total. The van der Waals surface area contributed by atoms with Gasteiger partial charge in [0.25, 0.3) is 6.01 Å². The summed E-state index contributed by atoms with van der Waals surface area (Å²) in [5, 5.41) is 12.1. The van der Waals surface area contributed by atoms with E-state index >= 15 is 0 Å². The molecule has 152 valence electrons. The van der Waals surface area contributed by atoms with Crippen molar-refractivity contribution in [3.8, 4) is 0 Å². The van der Waals surface area contributed by atoms with Gasteiger partial charge < -0.3 is 14.3 Å². The maximum Gasteiger partial charge on any atom is 0.300 e. The van der Waals surface area contributed by atoms with Crippen LogP contribution in [-0.2, 0) is 6.54 Å². The van der Waals surface area contributed by atoms with Crippen molar-refractivity contribution in [3.05, 3.63) is 83.8 Å². The predicted octanol–water partition coefficient (Wildman–Crippen LogP) is 5.23. The molecule has 4 heterocycles. The molecule has 0 amide bonds. The number of aryl methyl sites for hydroxylation is 2. The molecule has 6 aromatic rings. The van der Waals surface area contributed by atoms with E-state index in [1.807, 2.05) is 37.3 Å². The molecule has 7 nitrogen and oxygen atoms in total. The lowest BCUT2D eigenvalue weighted by molar-refractivity contribution is 0.623. The minimum atomic E-state index is 0.431. The highest BCUT2D eigenvalue weighted by Gasteiger charge is 2.17. The number of oxazole rings is 1. The van der Waals surface area contributed by atoms with Crippen LogP contribution in [-0.4, -0.2) is 24.1 Å². The van der Waals surface area contributed by atoms with Crippen LogP contribution < -0.4 is 5.32 Å². The quantitative estimate of drug-likeness (QED) is 0.432. The van der Waals surface area contributed by atoms with Crippen LogP contribution in [0.1, 0.15) is 17.1 Å². The van der Waals surface area contributed by atoms with Gasteiger partial charge in [-0.05, 0) is 43.7 Å². The average molecular weight is 408 g/mol. The van der Waals surface area contributed by atoms with Crippen LogP contribution in [0.25, 0.3) is 27.8 Å². The molecule has 0 aliphatic heterocycles. The largest absolute Gasteiger partial charge is 0.423 e. The second-order valence-corrected chi connectivity index (χ2v) is 7.70. The van der Waals surface area contributed by atoms with E-state index in [2.05, 4.69) is 72.8 Å². The zero-order valence-corrected chi connectivity index (χ0v) is 17.2. The molecule has 0 aliphatic carbocycles. The number of rotatable bonds is 4. The van der Waals surface area contributed by atoms with Gasteiger partial charge in [0.05, 0.1) is 16.7 Å². The maximum atomic E-state index is 5.88. The molecule has 0 aliphatic rings. The molecule has 4 aromatic heterocycles. The van der Waals surface area contributed by atoms with Crippen LogP contribution in [0.15, 0.2) is 71.1 Å². The van der Waals surface area contributed by atoms with Crippen LogP contribution in [0.5, 0.6) is 0 Å². The zero-order chi connectivity index (χ0) is 20.9. The molecule has 0 unspecified atom stereocenters. The number of hydrogen-bond donors (Lipinski definition) is 1. The highest BCUT2D eigenvalue weighted by molar-refractivity contribution is 5.89. The molecule has 31 heavy (non-hydrogen) atoms. The molecule has 0 spiro atoms. The summed E-state index contributed by atoms with van der Waals surface area (Å²) in [6, 6.07) is 22.9. The minimum Gasteiger partial charge on any atom is -0.423 e. The van der Waals surface area contributed by atoms with E-state index in [0.717, 1.165) is 45.8 Å². The van der Waals surface area contributed by atoms with E-state index in [4.69, 9.17) is 4.42 Å². The fourth-order valence-corrected chi connectivity index (χ4v) is 4.14. The van der Waals surface area contributed by atoms with Gasteiger partial charge in [0, 0.05) is 12.2 Å². The fraction of sp³-hybridized carbons (Fsp3) is 0.125. The summed E-state index contributed by atoms with van der Waals surface area (Å²) < 4.78 is 10.3. The summed E-state index contributed by atoms with van der Waals surface area (Å²) in [6.45, 7) is 4.88. The van der Waals surface area contributed by atoms with E-state index in [9.17, 15) is 0 Å². The Bertz CT molecular complexity index is 1520. The van der Waals surface area contributed by atoms with Crippen molar-refractivity contribution in [1.82, 2.24) is 24.1 Å². The van der Waals surface area contributed by atoms with Gasteiger partial charge in [-0.25, -0.2) is 0 Å². The van der Waals surface area contributed by atoms with Gasteiger partial charge in [-0.15, -0.1) is 10.2 Å². The smallest absolute Gasteiger partial charge is 0.300 e. The summed E-state index contributed by atoms with van der Waals surface area (Å²) in [5.74, 6) is 0.832. The topological polar surface area (TPSA) is 73.2 Å². The van der Waals surface area contributed by atoms with Crippen molar-refractivity contribution < 1.29 is 4.42 Å². The third-order valence-corrected chi connectivity index (χ3v) is 5.63. The van der Waals surface area contributed by atoms with Crippen LogP contribution >= 0.6 is 0 Å². The van der Waals surface area contributed by atoms with E-state index in [1.165, 1.54) is 11.3 Å². The molecule has 2 aromatic carbocycles. The third kappa shape index (κ3) is 2.85. The molecule has 0 bridgehead atoms. The van der Waals surface area contributed by atoms with E-state index in [0.29, 0.717) is 6.01 Å². The normalized spacial score (nSPS) is 11.7. The number of anilines is 2. The number of fused-ring (bicyclic) bond motifs is 4. The number of aromatic nitrogens is 5. The Balaban J connectivity index is 1.53. The Morgan fingerprint density at radius 3 is 2.55 bits per heavy atom. The lowest BCUT2D eigenvalue weighted by Gasteiger charge is -2.11. The van der Waals surface area contributed by atoms with E-state index in [-0.39, 0.29) is 0 Å². The Morgan fingerprint density at radius 2 is 1.71 bits per heavy atom. The standard InChI is InChI=1S/C24H20N6O/c1-15-12-21-20(29(15)14-17-8-4-3-5-9-17)13-19(23-28-27-16(2)30(21)23)26-24-25-18-10-6-7-11-22(18)31-24/h3-13H,14H2,1-2H3,(H,25,26). The molecule has 0 radical (unpaired) electrons. The van der Waals surface area contributed by atoms with Gasteiger partial charge >= 0.3 is 0 Å². The highest BCUT2D eigenvalue weighted by atomic mass is 16.4.